The Hall–Kier alpha value is -2.58. The molecule has 0 atom stereocenters. The average Bonchev–Trinajstić information content (AvgIpc) is 2.60. The first-order chi connectivity index (χ1) is 12.7. The van der Waals surface area contributed by atoms with Gasteiger partial charge in [0.15, 0.2) is 0 Å². The summed E-state index contributed by atoms with van der Waals surface area (Å²) in [5, 5.41) is 0. The molecule has 0 aromatic heterocycles. The zero-order chi connectivity index (χ0) is 19.9. The first-order valence-corrected chi connectivity index (χ1v) is 10.4. The van der Waals surface area contributed by atoms with E-state index in [2.05, 4.69) is 9.62 Å². The van der Waals surface area contributed by atoms with Crippen molar-refractivity contribution in [2.24, 2.45) is 5.73 Å². The number of carbonyl (C=O) groups is 1. The summed E-state index contributed by atoms with van der Waals surface area (Å²) < 4.78 is 30.5. The fourth-order valence-electron chi connectivity index (χ4n) is 2.42. The summed E-state index contributed by atoms with van der Waals surface area (Å²) in [5.74, 6) is 0.240. The minimum absolute atomic E-state index is 0.456. The van der Waals surface area contributed by atoms with Crippen molar-refractivity contribution in [2.75, 3.05) is 37.7 Å². The third-order valence-electron chi connectivity index (χ3n) is 3.92. The van der Waals surface area contributed by atoms with Crippen LogP contribution in [0.2, 0.25) is 0 Å². The summed E-state index contributed by atoms with van der Waals surface area (Å²) >= 11 is 0. The van der Waals surface area contributed by atoms with Gasteiger partial charge in [0.1, 0.15) is 12.4 Å². The van der Waals surface area contributed by atoms with Gasteiger partial charge in [-0.05, 0) is 55.4 Å². The van der Waals surface area contributed by atoms with Crippen LogP contribution in [0.1, 0.15) is 15.9 Å². The van der Waals surface area contributed by atoms with E-state index < -0.39 is 15.9 Å². The molecule has 3 N–H and O–H groups in total. The summed E-state index contributed by atoms with van der Waals surface area (Å²) in [6.07, 6.45) is 1.98. The molecule has 0 saturated carbocycles. The quantitative estimate of drug-likeness (QED) is 0.642. The monoisotopic (exact) mass is 391 g/mol. The zero-order valence-corrected chi connectivity index (χ0v) is 16.3. The molecule has 0 aliphatic carbocycles. The van der Waals surface area contributed by atoms with E-state index in [-0.39, 0.29) is 0 Å². The van der Waals surface area contributed by atoms with Gasteiger partial charge in [0.05, 0.1) is 6.26 Å². The van der Waals surface area contributed by atoms with Gasteiger partial charge in [-0.25, -0.2) is 8.42 Å². The second kappa shape index (κ2) is 9.38. The summed E-state index contributed by atoms with van der Waals surface area (Å²) in [7, 11) is -1.24. The van der Waals surface area contributed by atoms with Crippen molar-refractivity contribution in [3.63, 3.8) is 0 Å². The predicted molar refractivity (Wildman–Crippen MR) is 107 cm³/mol. The molecule has 0 fully saturated rings. The lowest BCUT2D eigenvalue weighted by Gasteiger charge is -2.17. The van der Waals surface area contributed by atoms with E-state index in [9.17, 15) is 13.2 Å². The third kappa shape index (κ3) is 7.67. The van der Waals surface area contributed by atoms with Crippen LogP contribution in [0.15, 0.2) is 48.5 Å². The maximum atomic E-state index is 11.2. The molecule has 0 saturated heterocycles. The van der Waals surface area contributed by atoms with Gasteiger partial charge < -0.3 is 15.4 Å². The third-order valence-corrected chi connectivity index (χ3v) is 4.53. The van der Waals surface area contributed by atoms with E-state index in [0.717, 1.165) is 31.3 Å². The number of nitrogens with zero attached hydrogens (tertiary/aromatic N) is 1. The first kappa shape index (κ1) is 20.7. The predicted octanol–water partition coefficient (Wildman–Crippen LogP) is 1.71. The van der Waals surface area contributed by atoms with Crippen molar-refractivity contribution in [1.29, 1.82) is 0 Å². The van der Waals surface area contributed by atoms with Crippen LogP contribution < -0.4 is 15.2 Å². The molecule has 0 aliphatic heterocycles. The molecule has 2 aromatic rings. The number of ether oxygens (including phenoxy) is 1. The molecule has 0 aliphatic rings. The molecule has 1 amide bonds. The number of rotatable bonds is 10. The summed E-state index contributed by atoms with van der Waals surface area (Å²) in [6, 6.07) is 14.1. The molecule has 0 radical (unpaired) electrons. The molecule has 0 unspecified atom stereocenters. The van der Waals surface area contributed by atoms with E-state index in [1.165, 1.54) is 0 Å². The highest BCUT2D eigenvalue weighted by molar-refractivity contribution is 7.92. The number of hydrogen-bond acceptors (Lipinski definition) is 5. The molecule has 27 heavy (non-hydrogen) atoms. The maximum absolute atomic E-state index is 11.2. The molecule has 8 heteroatoms. The Bertz CT molecular complexity index is 850. The van der Waals surface area contributed by atoms with Gasteiger partial charge >= 0.3 is 0 Å². The van der Waals surface area contributed by atoms with Gasteiger partial charge in [-0.1, -0.05) is 12.1 Å². The Morgan fingerprint density at radius 2 is 1.70 bits per heavy atom. The summed E-state index contributed by atoms with van der Waals surface area (Å²) in [4.78, 5) is 13.2. The van der Waals surface area contributed by atoms with Crippen LogP contribution in [0.5, 0.6) is 5.75 Å². The molecule has 2 aromatic carbocycles. The molecular formula is C19H25N3O4S. The lowest BCUT2D eigenvalue weighted by molar-refractivity contribution is 0.1000. The standard InChI is InChI=1S/C19H25N3O4S/c1-22(13-14-26-18-9-5-16(6-10-18)19(20)23)12-11-15-3-7-17(8-4-15)21-27(2,24)25/h3-10,21H,11-14H2,1-2H3,(H2,20,23). The number of hydrogen-bond donors (Lipinski definition) is 2. The fourth-order valence-corrected chi connectivity index (χ4v) is 2.98. The van der Waals surface area contributed by atoms with Crippen LogP contribution in [0, 0.1) is 0 Å². The minimum Gasteiger partial charge on any atom is -0.492 e. The van der Waals surface area contributed by atoms with Crippen LogP contribution in [0.3, 0.4) is 0 Å². The number of nitrogens with two attached hydrogens (primary N) is 1. The summed E-state index contributed by atoms with van der Waals surface area (Å²) in [5.41, 5.74) is 7.35. The summed E-state index contributed by atoms with van der Waals surface area (Å²) in [6.45, 7) is 2.14. The molecule has 0 heterocycles. The van der Waals surface area contributed by atoms with Gasteiger partial charge in [0, 0.05) is 24.3 Å². The smallest absolute Gasteiger partial charge is 0.248 e. The molecular weight excluding hydrogens is 366 g/mol. The fraction of sp³-hybridized carbons (Fsp3) is 0.316. The van der Waals surface area contributed by atoms with E-state index in [1.807, 2.05) is 19.2 Å². The Morgan fingerprint density at radius 1 is 1.07 bits per heavy atom. The maximum Gasteiger partial charge on any atom is 0.248 e. The van der Waals surface area contributed by atoms with Crippen molar-refractivity contribution in [1.82, 2.24) is 4.90 Å². The van der Waals surface area contributed by atoms with Gasteiger partial charge in [-0.15, -0.1) is 0 Å². The topological polar surface area (TPSA) is 102 Å². The van der Waals surface area contributed by atoms with E-state index >= 15 is 0 Å². The lowest BCUT2D eigenvalue weighted by atomic mass is 10.1. The SMILES string of the molecule is CN(CCOc1ccc(C(N)=O)cc1)CCc1ccc(NS(C)(=O)=O)cc1. The number of primary amides is 1. The largest absolute Gasteiger partial charge is 0.492 e. The average molecular weight is 391 g/mol. The first-order valence-electron chi connectivity index (χ1n) is 8.51. The lowest BCUT2D eigenvalue weighted by Crippen LogP contribution is -2.26. The van der Waals surface area contributed by atoms with E-state index in [1.54, 1.807) is 36.4 Å². The Labute approximate surface area is 160 Å². The van der Waals surface area contributed by atoms with Crippen LogP contribution in [-0.2, 0) is 16.4 Å². The van der Waals surface area contributed by atoms with Gasteiger partial charge in [-0.3, -0.25) is 9.52 Å². The normalized spacial score (nSPS) is 11.4. The molecule has 2 rings (SSSR count). The number of amides is 1. The highest BCUT2D eigenvalue weighted by Crippen LogP contribution is 2.13. The number of likely N-dealkylation sites (N-methyl/N-ethyl adjacent to an activating group) is 1. The van der Waals surface area contributed by atoms with Crippen molar-refractivity contribution < 1.29 is 17.9 Å². The van der Waals surface area contributed by atoms with Crippen LogP contribution in [0.4, 0.5) is 5.69 Å². The second-order valence-corrected chi connectivity index (χ2v) is 8.11. The van der Waals surface area contributed by atoms with Crippen molar-refractivity contribution in [2.45, 2.75) is 6.42 Å². The second-order valence-electron chi connectivity index (χ2n) is 6.36. The number of sulfonamides is 1. The van der Waals surface area contributed by atoms with Gasteiger partial charge in [-0.2, -0.15) is 0 Å². The van der Waals surface area contributed by atoms with E-state index in [4.69, 9.17) is 10.5 Å². The van der Waals surface area contributed by atoms with Gasteiger partial charge in [0.2, 0.25) is 15.9 Å². The zero-order valence-electron chi connectivity index (χ0n) is 15.5. The van der Waals surface area contributed by atoms with Crippen molar-refractivity contribution in [3.05, 3.63) is 59.7 Å². The highest BCUT2D eigenvalue weighted by Gasteiger charge is 2.04. The number of anilines is 1. The van der Waals surface area contributed by atoms with Crippen LogP contribution >= 0.6 is 0 Å². The van der Waals surface area contributed by atoms with Crippen molar-refractivity contribution in [3.8, 4) is 5.75 Å². The van der Waals surface area contributed by atoms with Gasteiger partial charge in [0.25, 0.3) is 0 Å². The molecule has 7 nitrogen and oxygen atoms in total. The number of benzene rings is 2. The molecule has 0 spiro atoms. The number of carbonyl (C=O) groups excluding carboxylic acids is 1. The van der Waals surface area contributed by atoms with Crippen molar-refractivity contribution >= 4 is 21.6 Å². The highest BCUT2D eigenvalue weighted by atomic mass is 32.2. The molecule has 0 bridgehead atoms. The van der Waals surface area contributed by atoms with Crippen LogP contribution in [0.25, 0.3) is 0 Å². The van der Waals surface area contributed by atoms with E-state index in [0.29, 0.717) is 23.6 Å². The Balaban J connectivity index is 1.71. The Kier molecular flexibility index (Phi) is 7.20. The Morgan fingerprint density at radius 3 is 2.26 bits per heavy atom. The number of nitrogens with one attached hydrogen (secondary N) is 1. The van der Waals surface area contributed by atoms with Crippen LogP contribution in [-0.4, -0.2) is 52.2 Å². The minimum atomic E-state index is -3.25. The molecule has 146 valence electrons.